The average Bonchev–Trinajstić information content (AvgIpc) is 1.74. The molecule has 0 bridgehead atoms. The average molecular weight is 1550 g/mol. The Morgan fingerprint density at radius 2 is 1.17 bits per heavy atom. The molecule has 13 atom stereocenters. The molecule has 34 nitrogen and oxygen atoms in total. The van der Waals surface area contributed by atoms with Crippen molar-refractivity contribution in [1.82, 2.24) is 41.8 Å². The van der Waals surface area contributed by atoms with Gasteiger partial charge < -0.3 is 90.9 Å². The number of Topliss-reactive ketones (excluding diaryl/α,β-unsaturated/α-hetero) is 6. The maximum atomic E-state index is 15.1. The third kappa shape index (κ3) is 31.2. The van der Waals surface area contributed by atoms with Gasteiger partial charge in [0.1, 0.15) is 11.8 Å². The zero-order valence-corrected chi connectivity index (χ0v) is 63.5. The van der Waals surface area contributed by atoms with Gasteiger partial charge in [-0.05, 0) is 107 Å². The first-order chi connectivity index (χ1) is 52.6. The predicted octanol–water partition coefficient (Wildman–Crippen LogP) is 1.23. The number of phenols is 1. The molecular formula is C77H110N14O20. The third-order valence-electron chi connectivity index (χ3n) is 19.7. The number of carboxylic acid groups (broad SMARTS) is 2. The number of aliphatic carboxylic acids is 2. The number of aliphatic imine (C=N–C) groups is 1. The molecule has 1 fully saturated rings. The Labute approximate surface area is 644 Å². The summed E-state index contributed by atoms with van der Waals surface area (Å²) in [6.45, 7) is 5.57. The fraction of sp³-hybridized carbons (Fsp3) is 0.571. The number of hydrogen-bond donors (Lipinski definition) is 16. The Balaban J connectivity index is 1.64. The summed E-state index contributed by atoms with van der Waals surface area (Å²) in [6, 6.07) is 3.87. The second-order valence-electron chi connectivity index (χ2n) is 28.3. The molecule has 2 aromatic carbocycles. The van der Waals surface area contributed by atoms with Crippen molar-refractivity contribution in [2.24, 2.45) is 69.2 Å². The molecule has 3 aromatic rings. The van der Waals surface area contributed by atoms with Crippen LogP contribution >= 0.6 is 0 Å². The molecule has 21 N–H and O–H groups in total. The number of benzene rings is 2. The molecule has 2 heterocycles. The van der Waals surface area contributed by atoms with E-state index >= 15 is 9.59 Å². The molecule has 34 heteroatoms. The Hall–Kier alpha value is -11.0. The number of nitrogens with one attached hydrogen (secondary N) is 7. The van der Waals surface area contributed by atoms with E-state index in [1.54, 1.807) is 44.3 Å². The van der Waals surface area contributed by atoms with Crippen molar-refractivity contribution >= 4 is 111 Å². The van der Waals surface area contributed by atoms with Gasteiger partial charge in [0.15, 0.2) is 40.7 Å². The van der Waals surface area contributed by atoms with Gasteiger partial charge in [0, 0.05) is 112 Å². The number of aromatic amines is 1. The van der Waals surface area contributed by atoms with Crippen LogP contribution in [0.4, 0.5) is 4.79 Å². The van der Waals surface area contributed by atoms with Crippen LogP contribution in [-0.2, 0) is 84.8 Å². The number of nitrogens with zero attached hydrogens (tertiary/aromatic N) is 2. The normalized spacial score (nSPS) is 15.8. The molecule has 111 heavy (non-hydrogen) atoms. The molecule has 1 saturated heterocycles. The highest BCUT2D eigenvalue weighted by atomic mass is 16.4. The SMILES string of the molecule is C#CC[C@H](CC(=O)[C@H](CC)NC(=O)CN)C(=O)N[C@H](C(=O)C[C@@H](CC(=O)O)C(=O)N1CCC[C@H]1C(=O)C[C@@H](CCCN=C(N)N)C(=O)N[C@@H](CC)C(=O)C[C@@H](CCCNC(N)=O)C(=O)N[C@@H](Cc1c[nH]c2ccccc12)C(=O)C[C@@H](CCC(N)=O)C(=O)N[C@@H](CCCC)C(=O)C[C@@H](Cc1ccc(O)cc1)C(=O)O)[C@@H](C)O. The molecule has 1 aromatic heterocycles. The van der Waals surface area contributed by atoms with E-state index in [1.165, 1.54) is 24.3 Å². The fourth-order valence-corrected chi connectivity index (χ4v) is 13.5. The summed E-state index contributed by atoms with van der Waals surface area (Å²) < 4.78 is 0. The molecule has 0 spiro atoms. The zero-order chi connectivity index (χ0) is 82.6. The molecule has 0 aliphatic carbocycles. The number of carbonyl (C=O) groups excluding carboxylic acids is 14. The number of likely N-dealkylation sites (tertiary alicyclic amines) is 1. The van der Waals surface area contributed by atoms with E-state index in [0.717, 1.165) is 11.8 Å². The number of aliphatic hydroxyl groups is 1. The monoisotopic (exact) mass is 1550 g/mol. The molecule has 0 saturated carbocycles. The molecule has 1 aliphatic heterocycles. The van der Waals surface area contributed by atoms with Crippen LogP contribution in [0.2, 0.25) is 0 Å². The smallest absolute Gasteiger partial charge is 0.312 e. The number of urea groups is 1. The highest BCUT2D eigenvalue weighted by molar-refractivity contribution is 6.01. The largest absolute Gasteiger partial charge is 0.508 e. The lowest BCUT2D eigenvalue weighted by Gasteiger charge is -2.30. The van der Waals surface area contributed by atoms with Gasteiger partial charge in [-0.1, -0.05) is 63.9 Å². The van der Waals surface area contributed by atoms with Gasteiger partial charge in [0.2, 0.25) is 41.4 Å². The standard InChI is InChI=1S/C77H110N14O20/c1-6-10-20-57(62(96)39-50(75(109)110)32-44-23-26-52(93)27-24-44)88-72(106)48(25-28-66(79)100)36-63(97)58(33-51-42-85-56-21-12-11-19-53(51)56)89-71(105)46(18-14-30-84-77(82)111)35-61(95)55(9-4)87-70(104)47(17-13-29-83-76(80)81)37-64(98)59-22-15-31-91(59)74(108)49(40-68(102)103)38-65(99)69(43(5)92)90-73(107)45(16-7-2)34-60(94)54(8-3)86-67(101)41-78/h2,11-12,19,21,23-24,26-27,42-43,45-50,54-55,57-59,69,85,92-93H,6,8-10,13-18,20,22,25,28-41,78H2,1,3-5H3,(H2,79,100)(H,86,101)(H,87,104)(H,88,106)(H,89,105)(H,90,107)(H,102,103)(H,109,110)(H4,80,81,83)(H3,82,84,111)/t43-,45-,46-,47-,48-,49+,50-,54+,55+,57+,58+,59+,69+/m1/s1. The Bertz CT molecular complexity index is 3830. The van der Waals surface area contributed by atoms with E-state index in [1.807, 2.05) is 6.92 Å². The maximum absolute atomic E-state index is 15.1. The number of H-pyrrole nitrogens is 1. The highest BCUT2D eigenvalue weighted by Gasteiger charge is 2.43. The summed E-state index contributed by atoms with van der Waals surface area (Å²) in [5, 5.41) is 57.1. The Kier molecular flexibility index (Phi) is 39.3. The number of carbonyl (C=O) groups is 16. The number of aromatic nitrogens is 1. The number of phenolic OH excluding ortho intramolecular Hbond substituents is 1. The molecule has 4 rings (SSSR count). The van der Waals surface area contributed by atoms with Crippen LogP contribution in [0.5, 0.6) is 5.75 Å². The van der Waals surface area contributed by atoms with Gasteiger partial charge in [-0.25, -0.2) is 4.79 Å². The number of rotatable bonds is 54. The first kappa shape index (κ1) is 92.4. The number of fused-ring (bicyclic) bond motifs is 1. The number of nitrogens with two attached hydrogens (primary N) is 5. The lowest BCUT2D eigenvalue weighted by molar-refractivity contribution is -0.148. The first-order valence-electron chi connectivity index (χ1n) is 37.6. The number of terminal acetylenes is 1. The van der Waals surface area contributed by atoms with Gasteiger partial charge in [-0.2, -0.15) is 0 Å². The van der Waals surface area contributed by atoms with E-state index in [-0.39, 0.29) is 115 Å². The van der Waals surface area contributed by atoms with E-state index < -0.39 is 230 Å². The number of primary amides is 2. The Morgan fingerprint density at radius 1 is 0.622 bits per heavy atom. The number of aromatic hydroxyl groups is 1. The number of unbranched alkanes of at least 4 members (excludes halogenated alkanes) is 1. The second kappa shape index (κ2) is 47.2. The number of hydrogen-bond acceptors (Lipinski definition) is 20. The van der Waals surface area contributed by atoms with Gasteiger partial charge in [-0.3, -0.25) is 76.9 Å². The lowest BCUT2D eigenvalue weighted by Crippen LogP contribution is -2.52. The van der Waals surface area contributed by atoms with Crippen molar-refractivity contribution in [2.45, 2.75) is 218 Å². The molecule has 1 aliphatic rings. The van der Waals surface area contributed by atoms with Crippen molar-refractivity contribution in [2.75, 3.05) is 26.2 Å². The van der Waals surface area contributed by atoms with Crippen LogP contribution in [0.3, 0.4) is 0 Å². The van der Waals surface area contributed by atoms with Crippen molar-refractivity contribution in [1.29, 1.82) is 0 Å². The number of para-hydroxylation sites is 1. The maximum Gasteiger partial charge on any atom is 0.312 e. The minimum atomic E-state index is -1.75. The third-order valence-corrected chi connectivity index (χ3v) is 19.7. The van der Waals surface area contributed by atoms with Gasteiger partial charge in [0.05, 0.1) is 67.0 Å². The van der Waals surface area contributed by atoms with Gasteiger partial charge in [-0.15, -0.1) is 12.3 Å². The number of carboxylic acids is 2. The summed E-state index contributed by atoms with van der Waals surface area (Å²) in [6.07, 6.45) is 0.978. The van der Waals surface area contributed by atoms with Crippen molar-refractivity contribution < 1.29 is 97.1 Å². The summed E-state index contributed by atoms with van der Waals surface area (Å²) in [5.41, 5.74) is 29.3. The molecule has 0 unspecified atom stereocenters. The van der Waals surface area contributed by atoms with Crippen LogP contribution in [0.25, 0.3) is 10.9 Å². The van der Waals surface area contributed by atoms with Crippen LogP contribution in [0, 0.1) is 47.9 Å². The summed E-state index contributed by atoms with van der Waals surface area (Å²) >= 11 is 0. The molecular weight excluding hydrogens is 1440 g/mol. The summed E-state index contributed by atoms with van der Waals surface area (Å²) in [5.74, 6) is -19.0. The number of guanidine groups is 1. The first-order valence-corrected chi connectivity index (χ1v) is 37.6. The van der Waals surface area contributed by atoms with Gasteiger partial charge >= 0.3 is 18.0 Å². The van der Waals surface area contributed by atoms with Crippen LogP contribution in [-0.4, -0.2) is 199 Å². The van der Waals surface area contributed by atoms with Crippen molar-refractivity contribution in [3.05, 3.63) is 65.9 Å². The molecule has 608 valence electrons. The van der Waals surface area contributed by atoms with Crippen molar-refractivity contribution in [3.8, 4) is 18.1 Å². The number of amides is 9. The molecule has 9 amide bonds. The van der Waals surface area contributed by atoms with Gasteiger partial charge in [0.25, 0.3) is 0 Å². The zero-order valence-electron chi connectivity index (χ0n) is 63.5. The number of aliphatic hydroxyl groups excluding tert-OH is 1. The minimum Gasteiger partial charge on any atom is -0.508 e. The quantitative estimate of drug-likeness (QED) is 0.0163. The predicted molar refractivity (Wildman–Crippen MR) is 406 cm³/mol. The van der Waals surface area contributed by atoms with Crippen molar-refractivity contribution in [3.63, 3.8) is 0 Å². The van der Waals surface area contributed by atoms with E-state index in [0.29, 0.717) is 34.9 Å². The van der Waals surface area contributed by atoms with Crippen LogP contribution < -0.4 is 60.6 Å². The topological polar surface area (TPSA) is 588 Å². The molecule has 0 radical (unpaired) electrons. The van der Waals surface area contributed by atoms with Crippen LogP contribution in [0.1, 0.15) is 174 Å². The number of ketones is 6. The lowest BCUT2D eigenvalue weighted by atomic mass is 9.88. The second-order valence-corrected chi connectivity index (χ2v) is 28.3. The van der Waals surface area contributed by atoms with E-state index in [4.69, 9.17) is 35.1 Å². The van der Waals surface area contributed by atoms with E-state index in [9.17, 15) is 87.5 Å². The Morgan fingerprint density at radius 3 is 1.75 bits per heavy atom. The fourth-order valence-electron chi connectivity index (χ4n) is 13.5. The summed E-state index contributed by atoms with van der Waals surface area (Å²) in [4.78, 5) is 228. The van der Waals surface area contributed by atoms with E-state index in [2.05, 4.69) is 47.8 Å². The highest BCUT2D eigenvalue weighted by Crippen LogP contribution is 2.30. The van der Waals surface area contributed by atoms with Crippen LogP contribution in [0.15, 0.2) is 59.7 Å². The summed E-state index contributed by atoms with van der Waals surface area (Å²) in [7, 11) is 0. The minimum absolute atomic E-state index is 0.0196.